The Morgan fingerprint density at radius 2 is 1.85 bits per heavy atom. The summed E-state index contributed by atoms with van der Waals surface area (Å²) in [5, 5.41) is 7.10. The number of hydrogen-bond donors (Lipinski definition) is 2. The summed E-state index contributed by atoms with van der Waals surface area (Å²) in [5.74, 6) is 2.00. The standard InChI is InChI=1S/C26H38N6.HI/c1-3-27-26(29-19-23-11-12-25(28-18-23)31-14-7-8-15-31)30-24-13-16-32(21(2)17-24)20-22-9-5-4-6-10-22;/h4-6,9-12,18,21,24H,3,7-8,13-17,19-20H2,1-2H3,(H2,27,29,30);1H. The van der Waals surface area contributed by atoms with E-state index < -0.39 is 0 Å². The van der Waals surface area contributed by atoms with Gasteiger partial charge in [-0.15, -0.1) is 24.0 Å². The highest BCUT2D eigenvalue weighted by molar-refractivity contribution is 14.0. The first kappa shape index (κ1) is 25.7. The van der Waals surface area contributed by atoms with Gasteiger partial charge in [0.1, 0.15) is 5.82 Å². The molecule has 2 unspecified atom stereocenters. The van der Waals surface area contributed by atoms with Crippen LogP contribution in [0.3, 0.4) is 0 Å². The highest BCUT2D eigenvalue weighted by Gasteiger charge is 2.26. The molecule has 0 saturated carbocycles. The number of benzene rings is 1. The Labute approximate surface area is 216 Å². The minimum absolute atomic E-state index is 0. The van der Waals surface area contributed by atoms with E-state index in [4.69, 9.17) is 4.99 Å². The van der Waals surface area contributed by atoms with Crippen LogP contribution >= 0.6 is 24.0 Å². The van der Waals surface area contributed by atoms with E-state index in [2.05, 4.69) is 81.7 Å². The largest absolute Gasteiger partial charge is 0.357 e. The Morgan fingerprint density at radius 1 is 1.06 bits per heavy atom. The molecular formula is C26H39IN6. The lowest BCUT2D eigenvalue weighted by Crippen LogP contribution is -2.51. The highest BCUT2D eigenvalue weighted by atomic mass is 127. The first-order valence-electron chi connectivity index (χ1n) is 12.2. The number of aliphatic imine (C=N–C) groups is 1. The number of rotatable bonds is 7. The summed E-state index contributed by atoms with van der Waals surface area (Å²) in [4.78, 5) is 14.5. The lowest BCUT2D eigenvalue weighted by molar-refractivity contribution is 0.134. The van der Waals surface area contributed by atoms with Crippen LogP contribution in [0.4, 0.5) is 5.82 Å². The van der Waals surface area contributed by atoms with E-state index >= 15 is 0 Å². The van der Waals surface area contributed by atoms with Gasteiger partial charge in [0.2, 0.25) is 0 Å². The number of likely N-dealkylation sites (tertiary alicyclic amines) is 1. The van der Waals surface area contributed by atoms with Crippen molar-refractivity contribution in [2.45, 2.75) is 64.7 Å². The van der Waals surface area contributed by atoms with Crippen molar-refractivity contribution in [1.82, 2.24) is 20.5 Å². The van der Waals surface area contributed by atoms with Gasteiger partial charge in [-0.05, 0) is 56.7 Å². The van der Waals surface area contributed by atoms with Crippen LogP contribution in [0, 0.1) is 0 Å². The van der Waals surface area contributed by atoms with Crippen LogP contribution in [0.25, 0.3) is 0 Å². The van der Waals surface area contributed by atoms with Gasteiger partial charge in [-0.25, -0.2) is 9.98 Å². The third-order valence-electron chi connectivity index (χ3n) is 6.59. The van der Waals surface area contributed by atoms with E-state index in [0.29, 0.717) is 18.6 Å². The molecule has 0 radical (unpaired) electrons. The summed E-state index contributed by atoms with van der Waals surface area (Å²) in [6, 6.07) is 16.1. The molecule has 1 aromatic heterocycles. The smallest absolute Gasteiger partial charge is 0.191 e. The maximum atomic E-state index is 4.84. The molecule has 0 aliphatic carbocycles. The lowest BCUT2D eigenvalue weighted by atomic mass is 9.97. The molecule has 2 N–H and O–H groups in total. The van der Waals surface area contributed by atoms with E-state index in [0.717, 1.165) is 62.9 Å². The number of guanidine groups is 1. The second kappa shape index (κ2) is 13.1. The molecule has 0 spiro atoms. The molecular weight excluding hydrogens is 523 g/mol. The lowest BCUT2D eigenvalue weighted by Gasteiger charge is -2.38. The topological polar surface area (TPSA) is 55.8 Å². The van der Waals surface area contributed by atoms with Crippen LogP contribution in [-0.4, -0.2) is 54.1 Å². The molecule has 0 bridgehead atoms. The minimum Gasteiger partial charge on any atom is -0.357 e. The van der Waals surface area contributed by atoms with Crippen LogP contribution in [0.15, 0.2) is 53.7 Å². The number of nitrogens with one attached hydrogen (secondary N) is 2. The van der Waals surface area contributed by atoms with Crippen LogP contribution in [0.2, 0.25) is 0 Å². The molecule has 2 aromatic rings. The SMILES string of the molecule is CCNC(=NCc1ccc(N2CCCC2)nc1)NC1CCN(Cc2ccccc2)C(C)C1.I. The molecule has 33 heavy (non-hydrogen) atoms. The molecule has 2 aliphatic heterocycles. The van der Waals surface area contributed by atoms with Crippen molar-refractivity contribution in [3.63, 3.8) is 0 Å². The maximum Gasteiger partial charge on any atom is 0.191 e. The van der Waals surface area contributed by atoms with Gasteiger partial charge >= 0.3 is 0 Å². The quantitative estimate of drug-likeness (QED) is 0.298. The number of halogens is 1. The van der Waals surface area contributed by atoms with Crippen LogP contribution < -0.4 is 15.5 Å². The number of pyridine rings is 1. The molecule has 3 heterocycles. The Kier molecular flexibility index (Phi) is 10.2. The van der Waals surface area contributed by atoms with Gasteiger partial charge in [-0.2, -0.15) is 0 Å². The van der Waals surface area contributed by atoms with E-state index in [9.17, 15) is 0 Å². The zero-order chi connectivity index (χ0) is 22.2. The number of nitrogens with zero attached hydrogens (tertiary/aromatic N) is 4. The van der Waals surface area contributed by atoms with Crippen molar-refractivity contribution in [2.75, 3.05) is 31.1 Å². The summed E-state index contributed by atoms with van der Waals surface area (Å²) >= 11 is 0. The van der Waals surface area contributed by atoms with Gasteiger partial charge in [0.25, 0.3) is 0 Å². The summed E-state index contributed by atoms with van der Waals surface area (Å²) < 4.78 is 0. The van der Waals surface area contributed by atoms with Crippen molar-refractivity contribution in [2.24, 2.45) is 4.99 Å². The van der Waals surface area contributed by atoms with Crippen molar-refractivity contribution >= 4 is 35.8 Å². The Morgan fingerprint density at radius 3 is 2.52 bits per heavy atom. The summed E-state index contributed by atoms with van der Waals surface area (Å²) in [6.45, 7) is 10.4. The molecule has 2 atom stereocenters. The van der Waals surface area contributed by atoms with Crippen LogP contribution in [-0.2, 0) is 13.1 Å². The van der Waals surface area contributed by atoms with Gasteiger partial charge < -0.3 is 15.5 Å². The second-order valence-corrected chi connectivity index (χ2v) is 9.08. The van der Waals surface area contributed by atoms with Crippen molar-refractivity contribution in [3.8, 4) is 0 Å². The molecule has 2 aliphatic rings. The number of hydrogen-bond acceptors (Lipinski definition) is 4. The van der Waals surface area contributed by atoms with E-state index in [1.54, 1.807) is 0 Å². The zero-order valence-electron chi connectivity index (χ0n) is 20.0. The fourth-order valence-electron chi connectivity index (χ4n) is 4.73. The minimum atomic E-state index is 0. The van der Waals surface area contributed by atoms with Gasteiger partial charge in [-0.3, -0.25) is 4.90 Å². The molecule has 6 nitrogen and oxygen atoms in total. The number of piperidine rings is 1. The zero-order valence-corrected chi connectivity index (χ0v) is 22.4. The van der Waals surface area contributed by atoms with Gasteiger partial charge in [-0.1, -0.05) is 36.4 Å². The Balaban J connectivity index is 0.00000306. The highest BCUT2D eigenvalue weighted by Crippen LogP contribution is 2.20. The number of aromatic nitrogens is 1. The average molecular weight is 563 g/mol. The van der Waals surface area contributed by atoms with E-state index in [-0.39, 0.29) is 24.0 Å². The third-order valence-corrected chi connectivity index (χ3v) is 6.59. The molecule has 7 heteroatoms. The molecule has 0 amide bonds. The molecule has 4 rings (SSSR count). The van der Waals surface area contributed by atoms with Crippen molar-refractivity contribution in [3.05, 3.63) is 59.8 Å². The van der Waals surface area contributed by atoms with E-state index in [1.165, 1.54) is 18.4 Å². The van der Waals surface area contributed by atoms with E-state index in [1.807, 2.05) is 6.20 Å². The van der Waals surface area contributed by atoms with Crippen LogP contribution in [0.5, 0.6) is 0 Å². The second-order valence-electron chi connectivity index (χ2n) is 9.08. The predicted molar refractivity (Wildman–Crippen MR) is 148 cm³/mol. The van der Waals surface area contributed by atoms with Gasteiger partial charge in [0.15, 0.2) is 5.96 Å². The van der Waals surface area contributed by atoms with Crippen molar-refractivity contribution in [1.29, 1.82) is 0 Å². The molecule has 2 fully saturated rings. The summed E-state index contributed by atoms with van der Waals surface area (Å²) in [7, 11) is 0. The fourth-order valence-corrected chi connectivity index (χ4v) is 4.73. The Hall–Kier alpha value is -1.87. The fraction of sp³-hybridized carbons (Fsp3) is 0.538. The number of anilines is 1. The summed E-state index contributed by atoms with van der Waals surface area (Å²) in [5.41, 5.74) is 2.54. The molecule has 180 valence electrons. The molecule has 2 saturated heterocycles. The summed E-state index contributed by atoms with van der Waals surface area (Å²) in [6.07, 6.45) is 6.78. The van der Waals surface area contributed by atoms with Crippen molar-refractivity contribution < 1.29 is 0 Å². The predicted octanol–water partition coefficient (Wildman–Crippen LogP) is 4.41. The van der Waals surface area contributed by atoms with Gasteiger partial charge in [0, 0.05) is 51.0 Å². The van der Waals surface area contributed by atoms with Crippen LogP contribution in [0.1, 0.15) is 50.7 Å². The first-order valence-corrected chi connectivity index (χ1v) is 12.2. The first-order chi connectivity index (χ1) is 15.7. The maximum absolute atomic E-state index is 4.84. The molecule has 1 aromatic carbocycles. The van der Waals surface area contributed by atoms with Gasteiger partial charge in [0.05, 0.1) is 6.54 Å². The monoisotopic (exact) mass is 562 g/mol. The average Bonchev–Trinajstić information content (AvgIpc) is 3.36. The third kappa shape index (κ3) is 7.57. The normalized spacial score (nSPS) is 21.5. The Bertz CT molecular complexity index is 851.